The number of hydrogen-bond donors (Lipinski definition) is 1. The molecule has 0 saturated heterocycles. The van der Waals surface area contributed by atoms with Crippen LogP contribution in [0.3, 0.4) is 0 Å². The molecule has 0 radical (unpaired) electrons. The maximum absolute atomic E-state index is 12.7. The van der Waals surface area contributed by atoms with E-state index in [4.69, 9.17) is 22.1 Å². The van der Waals surface area contributed by atoms with E-state index >= 15 is 0 Å². The zero-order valence-electron chi connectivity index (χ0n) is 10.6. The van der Waals surface area contributed by atoms with E-state index < -0.39 is 11.7 Å². The highest BCUT2D eigenvalue weighted by molar-refractivity contribution is 6.31. The van der Waals surface area contributed by atoms with Gasteiger partial charge in [-0.1, -0.05) is 11.6 Å². The number of nitrogens with two attached hydrogens (primary N) is 1. The third-order valence-corrected chi connectivity index (χ3v) is 3.58. The van der Waals surface area contributed by atoms with Gasteiger partial charge in [0.2, 0.25) is 0 Å². The molecule has 1 aromatic rings. The molecule has 1 aliphatic rings. The molecule has 0 bridgehead atoms. The number of benzene rings is 1. The molecule has 0 spiro atoms. The Morgan fingerprint density at radius 2 is 2.15 bits per heavy atom. The smallest absolute Gasteiger partial charge is 0.418 e. The molecule has 0 aromatic heterocycles. The van der Waals surface area contributed by atoms with Gasteiger partial charge in [-0.05, 0) is 37.0 Å². The van der Waals surface area contributed by atoms with E-state index in [1.807, 2.05) is 0 Å². The van der Waals surface area contributed by atoms with Gasteiger partial charge in [0.05, 0.1) is 18.1 Å². The number of anilines is 1. The summed E-state index contributed by atoms with van der Waals surface area (Å²) in [4.78, 5) is 11.5. The van der Waals surface area contributed by atoms with Crippen LogP contribution in [0, 0.1) is 5.92 Å². The lowest BCUT2D eigenvalue weighted by molar-refractivity contribution is -0.144. The zero-order valence-corrected chi connectivity index (χ0v) is 11.4. The molecule has 2 atom stereocenters. The van der Waals surface area contributed by atoms with Crippen LogP contribution in [-0.4, -0.2) is 12.6 Å². The second kappa shape index (κ2) is 5.16. The van der Waals surface area contributed by atoms with E-state index in [2.05, 4.69) is 0 Å². The van der Waals surface area contributed by atoms with Crippen molar-refractivity contribution in [3.8, 4) is 0 Å². The predicted molar refractivity (Wildman–Crippen MR) is 68.3 cm³/mol. The number of carbonyl (C=O) groups is 1. The van der Waals surface area contributed by atoms with Crippen LogP contribution >= 0.6 is 11.6 Å². The standard InChI is InChI=1S/C13H13ClF3NO2/c1-2-20-12(19)8-3-6(8)7-4-11(18)9(5-10(7)14)13(15,16)17/h4-6,8H,2-3,18H2,1H3/t6-,8-/m1/s1. The molecule has 7 heteroatoms. The summed E-state index contributed by atoms with van der Waals surface area (Å²) < 4.78 is 42.9. The Bertz CT molecular complexity index is 545. The van der Waals surface area contributed by atoms with E-state index in [1.54, 1.807) is 6.92 Å². The van der Waals surface area contributed by atoms with Crippen LogP contribution in [0.5, 0.6) is 0 Å². The number of esters is 1. The third-order valence-electron chi connectivity index (χ3n) is 3.25. The minimum absolute atomic E-state index is 0.0247. The topological polar surface area (TPSA) is 52.3 Å². The fourth-order valence-electron chi connectivity index (χ4n) is 2.19. The highest BCUT2D eigenvalue weighted by atomic mass is 35.5. The van der Waals surface area contributed by atoms with Crippen LogP contribution in [0.2, 0.25) is 5.02 Å². The molecular formula is C13H13ClF3NO2. The molecule has 2 rings (SSSR count). The van der Waals surface area contributed by atoms with E-state index in [1.165, 1.54) is 6.07 Å². The van der Waals surface area contributed by atoms with Crippen molar-refractivity contribution in [2.75, 3.05) is 12.3 Å². The number of alkyl halides is 3. The van der Waals surface area contributed by atoms with Gasteiger partial charge in [0, 0.05) is 10.7 Å². The van der Waals surface area contributed by atoms with Crippen molar-refractivity contribution in [2.45, 2.75) is 25.4 Å². The second-order valence-corrected chi connectivity index (χ2v) is 5.07. The zero-order chi connectivity index (χ0) is 15.1. The van der Waals surface area contributed by atoms with Crippen molar-refractivity contribution >= 4 is 23.3 Å². The molecule has 0 heterocycles. The molecule has 2 N–H and O–H groups in total. The largest absolute Gasteiger partial charge is 0.466 e. The number of halogens is 4. The molecule has 1 fully saturated rings. The normalized spacial score (nSPS) is 21.6. The monoisotopic (exact) mass is 307 g/mol. The second-order valence-electron chi connectivity index (χ2n) is 4.66. The van der Waals surface area contributed by atoms with Gasteiger partial charge in [0.25, 0.3) is 0 Å². The molecule has 0 unspecified atom stereocenters. The summed E-state index contributed by atoms with van der Waals surface area (Å²) in [6, 6.07) is 2.02. The quantitative estimate of drug-likeness (QED) is 0.685. The maximum Gasteiger partial charge on any atom is 0.418 e. The summed E-state index contributed by atoms with van der Waals surface area (Å²) in [5.74, 6) is -0.915. The Morgan fingerprint density at radius 1 is 1.50 bits per heavy atom. The van der Waals surface area contributed by atoms with Crippen LogP contribution in [0.15, 0.2) is 12.1 Å². The van der Waals surface area contributed by atoms with Gasteiger partial charge in [-0.15, -0.1) is 0 Å². The van der Waals surface area contributed by atoms with Gasteiger partial charge in [0.1, 0.15) is 0 Å². The van der Waals surface area contributed by atoms with Crippen molar-refractivity contribution in [3.05, 3.63) is 28.3 Å². The molecule has 110 valence electrons. The molecule has 0 amide bonds. The predicted octanol–water partition coefficient (Wildman–Crippen LogP) is 3.61. The van der Waals surface area contributed by atoms with Gasteiger partial charge in [-0.2, -0.15) is 13.2 Å². The van der Waals surface area contributed by atoms with E-state index in [-0.39, 0.29) is 35.1 Å². The van der Waals surface area contributed by atoms with E-state index in [9.17, 15) is 18.0 Å². The summed E-state index contributed by atoms with van der Waals surface area (Å²) in [5, 5.41) is -0.0247. The molecular weight excluding hydrogens is 295 g/mol. The summed E-state index contributed by atoms with van der Waals surface area (Å²) in [5.41, 5.74) is 4.55. The summed E-state index contributed by atoms with van der Waals surface area (Å²) in [6.45, 7) is 1.96. The number of nitrogen functional groups attached to an aromatic ring is 1. The fourth-order valence-corrected chi connectivity index (χ4v) is 2.49. The average Bonchev–Trinajstić information content (AvgIpc) is 3.10. The van der Waals surface area contributed by atoms with Crippen LogP contribution in [-0.2, 0) is 15.7 Å². The van der Waals surface area contributed by atoms with Gasteiger partial charge < -0.3 is 10.5 Å². The Labute approximate surface area is 118 Å². The van der Waals surface area contributed by atoms with Crippen molar-refractivity contribution in [1.29, 1.82) is 0 Å². The lowest BCUT2D eigenvalue weighted by atomic mass is 10.0. The van der Waals surface area contributed by atoms with Crippen molar-refractivity contribution < 1.29 is 22.7 Å². The van der Waals surface area contributed by atoms with Gasteiger partial charge in [-0.25, -0.2) is 0 Å². The van der Waals surface area contributed by atoms with Crippen LogP contribution in [0.4, 0.5) is 18.9 Å². The maximum atomic E-state index is 12.7. The Hall–Kier alpha value is -1.43. The van der Waals surface area contributed by atoms with Gasteiger partial charge in [0.15, 0.2) is 0 Å². The SMILES string of the molecule is CCOC(=O)[C@@H]1C[C@@H]1c1cc(N)c(C(F)(F)F)cc1Cl. The molecule has 1 aliphatic carbocycles. The molecule has 3 nitrogen and oxygen atoms in total. The van der Waals surface area contributed by atoms with Crippen molar-refractivity contribution in [1.82, 2.24) is 0 Å². The Morgan fingerprint density at radius 3 is 2.70 bits per heavy atom. The minimum Gasteiger partial charge on any atom is -0.466 e. The summed E-state index contributed by atoms with van der Waals surface area (Å²) >= 11 is 5.88. The Kier molecular flexibility index (Phi) is 3.86. The summed E-state index contributed by atoms with van der Waals surface area (Å²) in [7, 11) is 0. The lowest BCUT2D eigenvalue weighted by Crippen LogP contribution is -2.10. The molecule has 20 heavy (non-hydrogen) atoms. The van der Waals surface area contributed by atoms with Crippen LogP contribution in [0.1, 0.15) is 30.4 Å². The first-order chi connectivity index (χ1) is 9.25. The van der Waals surface area contributed by atoms with Crippen LogP contribution in [0.25, 0.3) is 0 Å². The highest BCUT2D eigenvalue weighted by Crippen LogP contribution is 2.51. The first-order valence-corrected chi connectivity index (χ1v) is 6.46. The number of rotatable bonds is 3. The average molecular weight is 308 g/mol. The van der Waals surface area contributed by atoms with E-state index in [0.717, 1.165) is 6.07 Å². The molecule has 0 aliphatic heterocycles. The number of ether oxygens (including phenoxy) is 1. The fraction of sp³-hybridized carbons (Fsp3) is 0.462. The van der Waals surface area contributed by atoms with Crippen molar-refractivity contribution in [2.24, 2.45) is 5.92 Å². The summed E-state index contributed by atoms with van der Waals surface area (Å²) in [6.07, 6.45) is -4.03. The van der Waals surface area contributed by atoms with Gasteiger partial charge in [-0.3, -0.25) is 4.79 Å². The lowest BCUT2D eigenvalue weighted by Gasteiger charge is -2.13. The number of carbonyl (C=O) groups excluding carboxylic acids is 1. The molecule has 1 saturated carbocycles. The van der Waals surface area contributed by atoms with E-state index in [0.29, 0.717) is 12.0 Å². The first kappa shape index (κ1) is 15.0. The molecule has 1 aromatic carbocycles. The highest BCUT2D eigenvalue weighted by Gasteiger charge is 2.46. The third kappa shape index (κ3) is 2.85. The van der Waals surface area contributed by atoms with Crippen molar-refractivity contribution in [3.63, 3.8) is 0 Å². The van der Waals surface area contributed by atoms with Crippen LogP contribution < -0.4 is 5.73 Å². The first-order valence-electron chi connectivity index (χ1n) is 6.08. The minimum atomic E-state index is -4.55. The van der Waals surface area contributed by atoms with Gasteiger partial charge >= 0.3 is 12.1 Å². The number of hydrogen-bond acceptors (Lipinski definition) is 3. The Balaban J connectivity index is 2.24.